The molecule has 3 heterocycles. The summed E-state index contributed by atoms with van der Waals surface area (Å²) < 4.78 is 68.1. The maximum Gasteiger partial charge on any atom is 0.410 e. The number of rotatable bonds is 5. The van der Waals surface area contributed by atoms with E-state index in [1.165, 1.54) is 10.4 Å². The first-order chi connectivity index (χ1) is 12.7. The van der Waals surface area contributed by atoms with Gasteiger partial charge in [-0.1, -0.05) is 19.4 Å². The standard InChI is InChI=1S/C17H25F3N4O2S/c1-3-9-27(25,26)23-8-6-5-7-14(23)13-11-16-21-12(4-2)10-15(17(18,19)20)24(16)22-13/h3,11-12,14-15,21H,1,4-10H2,2H3/t12-,14-,15-/m1/s1. The molecule has 0 amide bonds. The number of piperidine rings is 1. The van der Waals surface area contributed by atoms with Crippen molar-refractivity contribution in [1.29, 1.82) is 0 Å². The zero-order valence-corrected chi connectivity index (χ0v) is 16.1. The van der Waals surface area contributed by atoms with Crippen molar-refractivity contribution >= 4 is 15.8 Å². The normalized spacial score (nSPS) is 27.0. The number of hydrogen-bond donors (Lipinski definition) is 1. The van der Waals surface area contributed by atoms with Crippen LogP contribution in [0.25, 0.3) is 0 Å². The molecule has 0 radical (unpaired) electrons. The van der Waals surface area contributed by atoms with Gasteiger partial charge in [0.1, 0.15) is 5.82 Å². The highest BCUT2D eigenvalue weighted by atomic mass is 32.2. The summed E-state index contributed by atoms with van der Waals surface area (Å²) in [5.74, 6) is 0.107. The van der Waals surface area contributed by atoms with Crippen molar-refractivity contribution in [1.82, 2.24) is 14.1 Å². The first-order valence-electron chi connectivity index (χ1n) is 9.20. The molecule has 6 nitrogen and oxygen atoms in total. The molecule has 10 heteroatoms. The molecule has 1 N–H and O–H groups in total. The number of halogens is 3. The third kappa shape index (κ3) is 4.01. The van der Waals surface area contributed by atoms with Crippen LogP contribution >= 0.6 is 0 Å². The first-order valence-corrected chi connectivity index (χ1v) is 10.8. The number of nitrogens with zero attached hydrogens (tertiary/aromatic N) is 3. The molecule has 0 aromatic carbocycles. The van der Waals surface area contributed by atoms with E-state index in [1.807, 2.05) is 6.92 Å². The molecule has 152 valence electrons. The second kappa shape index (κ2) is 7.46. The van der Waals surface area contributed by atoms with Crippen molar-refractivity contribution < 1.29 is 21.6 Å². The van der Waals surface area contributed by atoms with Gasteiger partial charge in [-0.25, -0.2) is 13.1 Å². The van der Waals surface area contributed by atoms with E-state index < -0.39 is 28.3 Å². The van der Waals surface area contributed by atoms with Crippen LogP contribution in [0, 0.1) is 0 Å². The lowest BCUT2D eigenvalue weighted by atomic mass is 10.0. The summed E-state index contributed by atoms with van der Waals surface area (Å²) in [5.41, 5.74) is 0.371. The van der Waals surface area contributed by atoms with E-state index >= 15 is 0 Å². The van der Waals surface area contributed by atoms with Crippen molar-refractivity contribution in [3.05, 3.63) is 24.4 Å². The lowest BCUT2D eigenvalue weighted by Gasteiger charge is -2.33. The molecule has 1 fully saturated rings. The Morgan fingerprint density at radius 2 is 2.15 bits per heavy atom. The minimum atomic E-state index is -4.41. The Kier molecular flexibility index (Phi) is 5.58. The molecule has 3 rings (SSSR count). The SMILES string of the molecule is C=CCS(=O)(=O)N1CCCC[C@@H]1c1cc2n(n1)[C@@H](C(F)(F)F)C[C@@H](CC)N2. The smallest absolute Gasteiger partial charge is 0.367 e. The Morgan fingerprint density at radius 1 is 1.41 bits per heavy atom. The molecule has 0 spiro atoms. The number of aromatic nitrogens is 2. The molecule has 0 bridgehead atoms. The van der Waals surface area contributed by atoms with Gasteiger partial charge in [0.2, 0.25) is 10.0 Å². The van der Waals surface area contributed by atoms with Gasteiger partial charge in [0.05, 0.1) is 17.5 Å². The van der Waals surface area contributed by atoms with Gasteiger partial charge in [-0.15, -0.1) is 6.58 Å². The van der Waals surface area contributed by atoms with E-state index in [1.54, 1.807) is 6.07 Å². The van der Waals surface area contributed by atoms with Gasteiger partial charge in [-0.05, 0) is 25.7 Å². The molecule has 2 aliphatic rings. The maximum atomic E-state index is 13.5. The number of nitrogens with one attached hydrogen (secondary N) is 1. The van der Waals surface area contributed by atoms with Crippen molar-refractivity contribution in [3.63, 3.8) is 0 Å². The van der Waals surface area contributed by atoms with Crippen LogP contribution in [-0.4, -0.2) is 47.0 Å². The van der Waals surface area contributed by atoms with Gasteiger partial charge in [-0.2, -0.15) is 22.6 Å². The van der Waals surface area contributed by atoms with Crippen LogP contribution in [0.5, 0.6) is 0 Å². The topological polar surface area (TPSA) is 67.2 Å². The van der Waals surface area contributed by atoms with E-state index in [0.29, 0.717) is 30.9 Å². The zero-order chi connectivity index (χ0) is 19.8. The molecule has 2 aliphatic heterocycles. The summed E-state index contributed by atoms with van der Waals surface area (Å²) in [6.07, 6.45) is -0.530. The summed E-state index contributed by atoms with van der Waals surface area (Å²) >= 11 is 0. The average Bonchev–Trinajstić information content (AvgIpc) is 3.03. The predicted molar refractivity (Wildman–Crippen MR) is 96.9 cm³/mol. The Bertz CT molecular complexity index is 791. The average molecular weight is 406 g/mol. The molecule has 1 aromatic heterocycles. The van der Waals surface area contributed by atoms with Gasteiger partial charge in [0.15, 0.2) is 6.04 Å². The fourth-order valence-electron chi connectivity index (χ4n) is 3.88. The van der Waals surface area contributed by atoms with Crippen LogP contribution in [0.1, 0.15) is 56.8 Å². The summed E-state index contributed by atoms with van der Waals surface area (Å²) in [7, 11) is -3.57. The predicted octanol–water partition coefficient (Wildman–Crippen LogP) is 3.62. The third-order valence-corrected chi connectivity index (χ3v) is 7.07. The second-order valence-corrected chi connectivity index (χ2v) is 9.10. The minimum Gasteiger partial charge on any atom is -0.367 e. The summed E-state index contributed by atoms with van der Waals surface area (Å²) in [6, 6.07) is -0.958. The Morgan fingerprint density at radius 3 is 2.78 bits per heavy atom. The highest BCUT2D eigenvalue weighted by Crippen LogP contribution is 2.42. The molecule has 0 unspecified atom stereocenters. The van der Waals surface area contributed by atoms with Gasteiger partial charge < -0.3 is 5.32 Å². The fourth-order valence-corrected chi connectivity index (χ4v) is 5.38. The van der Waals surface area contributed by atoms with E-state index in [4.69, 9.17) is 0 Å². The van der Waals surface area contributed by atoms with Gasteiger partial charge in [-0.3, -0.25) is 0 Å². The van der Waals surface area contributed by atoms with Gasteiger partial charge in [0, 0.05) is 18.7 Å². The number of hydrogen-bond acceptors (Lipinski definition) is 4. The van der Waals surface area contributed by atoms with Crippen LogP contribution < -0.4 is 5.32 Å². The summed E-state index contributed by atoms with van der Waals surface area (Å²) in [5, 5.41) is 7.32. The van der Waals surface area contributed by atoms with Crippen molar-refractivity contribution in [2.24, 2.45) is 0 Å². The Labute approximate surface area is 157 Å². The molecule has 0 aliphatic carbocycles. The number of fused-ring (bicyclic) bond motifs is 1. The largest absolute Gasteiger partial charge is 0.410 e. The van der Waals surface area contributed by atoms with Crippen LogP contribution in [0.4, 0.5) is 19.0 Å². The van der Waals surface area contributed by atoms with E-state index in [-0.39, 0.29) is 18.2 Å². The molecule has 1 saturated heterocycles. The van der Waals surface area contributed by atoms with Crippen molar-refractivity contribution in [3.8, 4) is 0 Å². The first kappa shape index (κ1) is 20.2. The summed E-state index contributed by atoms with van der Waals surface area (Å²) in [4.78, 5) is 0. The van der Waals surface area contributed by atoms with Crippen molar-refractivity contribution in [2.75, 3.05) is 17.6 Å². The molecular weight excluding hydrogens is 381 g/mol. The quantitative estimate of drug-likeness (QED) is 0.759. The van der Waals surface area contributed by atoms with Gasteiger partial charge in [0.25, 0.3) is 0 Å². The monoisotopic (exact) mass is 406 g/mol. The molecule has 1 aromatic rings. The van der Waals surface area contributed by atoms with E-state index in [0.717, 1.165) is 17.5 Å². The van der Waals surface area contributed by atoms with Crippen molar-refractivity contribution in [2.45, 2.75) is 63.3 Å². The maximum absolute atomic E-state index is 13.5. The number of anilines is 1. The van der Waals surface area contributed by atoms with Crippen LogP contribution in [0.15, 0.2) is 18.7 Å². The number of alkyl halides is 3. The number of sulfonamides is 1. The Hall–Kier alpha value is -1.55. The Balaban J connectivity index is 1.98. The molecule has 0 saturated carbocycles. The van der Waals surface area contributed by atoms with Gasteiger partial charge >= 0.3 is 6.18 Å². The highest BCUT2D eigenvalue weighted by Gasteiger charge is 2.46. The minimum absolute atomic E-state index is 0.0860. The zero-order valence-electron chi connectivity index (χ0n) is 15.2. The highest BCUT2D eigenvalue weighted by molar-refractivity contribution is 7.89. The summed E-state index contributed by atoms with van der Waals surface area (Å²) in [6.45, 7) is 5.67. The van der Waals surface area contributed by atoms with Crippen LogP contribution in [0.2, 0.25) is 0 Å². The molecule has 3 atom stereocenters. The van der Waals surface area contributed by atoms with E-state index in [9.17, 15) is 21.6 Å². The molecule has 27 heavy (non-hydrogen) atoms. The van der Waals surface area contributed by atoms with E-state index in [2.05, 4.69) is 17.0 Å². The molecular formula is C17H25F3N4O2S. The van der Waals surface area contributed by atoms with Crippen LogP contribution in [-0.2, 0) is 10.0 Å². The fraction of sp³-hybridized carbons (Fsp3) is 0.706. The third-order valence-electron chi connectivity index (χ3n) is 5.26. The lowest BCUT2D eigenvalue weighted by Crippen LogP contribution is -2.40. The lowest BCUT2D eigenvalue weighted by molar-refractivity contribution is -0.173. The van der Waals surface area contributed by atoms with Crippen LogP contribution in [0.3, 0.4) is 0 Å². The second-order valence-electron chi connectivity index (χ2n) is 7.13.